The average Bonchev–Trinajstić information content (AvgIpc) is 3.15. The highest BCUT2D eigenvalue weighted by atomic mass is 32.1. The Morgan fingerprint density at radius 3 is 2.62 bits per heavy atom. The molecule has 7 heteroatoms. The molecule has 0 saturated carbocycles. The van der Waals surface area contributed by atoms with E-state index in [2.05, 4.69) is 4.99 Å². The fraction of sp³-hybridized carbons (Fsp3) is 0.227. The van der Waals surface area contributed by atoms with Gasteiger partial charge in [-0.1, -0.05) is 42.0 Å². The van der Waals surface area contributed by atoms with Crippen molar-refractivity contribution in [2.45, 2.75) is 20.4 Å². The van der Waals surface area contributed by atoms with E-state index in [1.807, 2.05) is 54.3 Å². The maximum Gasteiger partial charge on any atom is 0.342 e. The van der Waals surface area contributed by atoms with Gasteiger partial charge < -0.3 is 14.0 Å². The summed E-state index contributed by atoms with van der Waals surface area (Å²) in [6, 6.07) is 15.0. The minimum atomic E-state index is -0.615. The Labute approximate surface area is 173 Å². The molecule has 0 aliphatic carbocycles. The topological polar surface area (TPSA) is 69.9 Å². The second-order valence-corrected chi connectivity index (χ2v) is 7.18. The lowest BCUT2D eigenvalue weighted by Gasteiger charge is -2.08. The molecule has 1 amide bonds. The number of nitrogens with zero attached hydrogens (tertiary/aromatic N) is 2. The normalized spacial score (nSPS) is 11.3. The summed E-state index contributed by atoms with van der Waals surface area (Å²) < 4.78 is 12.4. The minimum absolute atomic E-state index is 0.285. The summed E-state index contributed by atoms with van der Waals surface area (Å²) in [7, 11) is 0. The third kappa shape index (κ3) is 5.65. The molecular weight excluding hydrogens is 388 g/mol. The lowest BCUT2D eigenvalue weighted by Crippen LogP contribution is -2.20. The van der Waals surface area contributed by atoms with Crippen LogP contribution >= 0.6 is 11.3 Å². The molecule has 0 bridgehead atoms. The molecule has 0 aliphatic heterocycles. The summed E-state index contributed by atoms with van der Waals surface area (Å²) in [5.41, 5.74) is 2.59. The third-order valence-electron chi connectivity index (χ3n) is 4.09. The van der Waals surface area contributed by atoms with Gasteiger partial charge in [0.05, 0.1) is 6.61 Å². The van der Waals surface area contributed by atoms with Gasteiger partial charge in [-0.2, -0.15) is 4.99 Å². The Morgan fingerprint density at radius 1 is 1.10 bits per heavy atom. The summed E-state index contributed by atoms with van der Waals surface area (Å²) in [5, 5.41) is 1.87. The number of aryl methyl sites for hydroxylation is 1. The lowest BCUT2D eigenvalue weighted by atomic mass is 10.1. The van der Waals surface area contributed by atoms with E-state index >= 15 is 0 Å². The maximum absolute atomic E-state index is 12.3. The van der Waals surface area contributed by atoms with Crippen LogP contribution in [0.1, 0.15) is 28.4 Å². The molecule has 0 radical (unpaired) electrons. The fourth-order valence-electron chi connectivity index (χ4n) is 2.66. The first kappa shape index (κ1) is 20.5. The Bertz CT molecular complexity index is 1050. The molecule has 0 N–H and O–H groups in total. The van der Waals surface area contributed by atoms with E-state index < -0.39 is 18.5 Å². The molecule has 1 heterocycles. The molecule has 0 spiro atoms. The molecule has 0 aliphatic rings. The van der Waals surface area contributed by atoms with Crippen molar-refractivity contribution in [1.82, 2.24) is 4.57 Å². The van der Waals surface area contributed by atoms with E-state index in [0.717, 1.165) is 5.56 Å². The highest BCUT2D eigenvalue weighted by molar-refractivity contribution is 7.07. The van der Waals surface area contributed by atoms with E-state index in [0.29, 0.717) is 23.7 Å². The molecule has 0 fully saturated rings. The number of carbonyl (C=O) groups excluding carboxylic acids is 2. The second-order valence-electron chi connectivity index (χ2n) is 6.31. The van der Waals surface area contributed by atoms with Crippen molar-refractivity contribution in [2.24, 2.45) is 4.99 Å². The number of aromatic nitrogens is 1. The average molecular weight is 410 g/mol. The summed E-state index contributed by atoms with van der Waals surface area (Å²) in [4.78, 5) is 29.2. The number of para-hydroxylation sites is 1. The van der Waals surface area contributed by atoms with Gasteiger partial charge in [0.2, 0.25) is 0 Å². The fourth-order valence-corrected chi connectivity index (χ4v) is 3.40. The number of rotatable bonds is 7. The van der Waals surface area contributed by atoms with Crippen molar-refractivity contribution in [3.63, 3.8) is 0 Å². The quantitative estimate of drug-likeness (QED) is 0.558. The number of carbonyl (C=O) groups is 2. The first-order valence-corrected chi connectivity index (χ1v) is 10.1. The van der Waals surface area contributed by atoms with Crippen molar-refractivity contribution in [3.05, 3.63) is 81.6 Å². The van der Waals surface area contributed by atoms with Crippen molar-refractivity contribution >= 4 is 23.2 Å². The van der Waals surface area contributed by atoms with Gasteiger partial charge in [-0.3, -0.25) is 4.79 Å². The smallest absolute Gasteiger partial charge is 0.342 e. The third-order valence-corrected chi connectivity index (χ3v) is 4.88. The number of amides is 1. The Hall–Kier alpha value is -3.19. The zero-order valence-electron chi connectivity index (χ0n) is 16.3. The zero-order valence-corrected chi connectivity index (χ0v) is 17.1. The van der Waals surface area contributed by atoms with Gasteiger partial charge in [-0.15, -0.1) is 11.3 Å². The van der Waals surface area contributed by atoms with Crippen LogP contribution < -0.4 is 9.54 Å². The first-order chi connectivity index (χ1) is 14.1. The summed E-state index contributed by atoms with van der Waals surface area (Å²) in [6.07, 6.45) is 1.88. The molecule has 29 heavy (non-hydrogen) atoms. The van der Waals surface area contributed by atoms with Crippen LogP contribution in [0.2, 0.25) is 0 Å². The van der Waals surface area contributed by atoms with Gasteiger partial charge >= 0.3 is 5.97 Å². The van der Waals surface area contributed by atoms with E-state index in [4.69, 9.17) is 9.47 Å². The van der Waals surface area contributed by atoms with Gasteiger partial charge in [-0.25, -0.2) is 4.79 Å². The SMILES string of the molecule is CCOc1ccccc1C(=O)OCC(=O)N=c1sccn1Cc1ccc(C)cc1. The molecule has 2 aromatic carbocycles. The highest BCUT2D eigenvalue weighted by Gasteiger charge is 2.15. The van der Waals surface area contributed by atoms with Gasteiger partial charge in [0.1, 0.15) is 11.3 Å². The molecule has 3 aromatic rings. The number of hydrogen-bond acceptors (Lipinski definition) is 5. The Kier molecular flexibility index (Phi) is 6.97. The monoisotopic (exact) mass is 410 g/mol. The summed E-state index contributed by atoms with van der Waals surface area (Å²) in [5.74, 6) is -0.706. The van der Waals surface area contributed by atoms with Crippen LogP contribution in [0.5, 0.6) is 5.75 Å². The lowest BCUT2D eigenvalue weighted by molar-refractivity contribution is -0.121. The van der Waals surface area contributed by atoms with Gasteiger partial charge in [0.25, 0.3) is 5.91 Å². The summed E-state index contributed by atoms with van der Waals surface area (Å²) >= 11 is 1.35. The zero-order chi connectivity index (χ0) is 20.6. The van der Waals surface area contributed by atoms with Crippen LogP contribution in [-0.2, 0) is 16.1 Å². The van der Waals surface area contributed by atoms with Crippen LogP contribution in [0, 0.1) is 6.92 Å². The highest BCUT2D eigenvalue weighted by Crippen LogP contribution is 2.18. The predicted octanol–water partition coefficient (Wildman–Crippen LogP) is 3.59. The van der Waals surface area contributed by atoms with E-state index in [9.17, 15) is 9.59 Å². The number of thiazole rings is 1. The van der Waals surface area contributed by atoms with Crippen LogP contribution in [0.25, 0.3) is 0 Å². The Morgan fingerprint density at radius 2 is 1.86 bits per heavy atom. The number of benzene rings is 2. The van der Waals surface area contributed by atoms with E-state index in [-0.39, 0.29) is 5.56 Å². The Balaban J connectivity index is 1.65. The van der Waals surface area contributed by atoms with E-state index in [1.54, 1.807) is 24.3 Å². The molecule has 6 nitrogen and oxygen atoms in total. The largest absolute Gasteiger partial charge is 0.493 e. The number of hydrogen-bond donors (Lipinski definition) is 0. The molecule has 0 saturated heterocycles. The molecule has 150 valence electrons. The standard InChI is InChI=1S/C22H22N2O4S/c1-3-27-19-7-5-4-6-18(19)21(26)28-15-20(25)23-22-24(12-13-29-22)14-17-10-8-16(2)9-11-17/h4-13H,3,14-15H2,1-2H3. The molecular formula is C22H22N2O4S. The van der Waals surface area contributed by atoms with Crippen LogP contribution in [0.4, 0.5) is 0 Å². The van der Waals surface area contributed by atoms with Crippen molar-refractivity contribution < 1.29 is 19.1 Å². The van der Waals surface area contributed by atoms with Crippen LogP contribution in [0.3, 0.4) is 0 Å². The molecule has 3 rings (SSSR count). The number of esters is 1. The van der Waals surface area contributed by atoms with Gasteiger partial charge in [0.15, 0.2) is 11.4 Å². The van der Waals surface area contributed by atoms with Crippen LogP contribution in [0.15, 0.2) is 65.1 Å². The molecule has 0 unspecified atom stereocenters. The molecule has 0 atom stereocenters. The summed E-state index contributed by atoms with van der Waals surface area (Å²) in [6.45, 7) is 4.48. The molecule has 1 aromatic heterocycles. The van der Waals surface area contributed by atoms with Crippen molar-refractivity contribution in [3.8, 4) is 5.75 Å². The first-order valence-electron chi connectivity index (χ1n) is 9.23. The second kappa shape index (κ2) is 9.84. The minimum Gasteiger partial charge on any atom is -0.493 e. The van der Waals surface area contributed by atoms with Crippen molar-refractivity contribution in [2.75, 3.05) is 13.2 Å². The van der Waals surface area contributed by atoms with E-state index in [1.165, 1.54) is 16.9 Å². The number of ether oxygens (including phenoxy) is 2. The predicted molar refractivity (Wildman–Crippen MR) is 111 cm³/mol. The maximum atomic E-state index is 12.3. The van der Waals surface area contributed by atoms with Gasteiger partial charge in [-0.05, 0) is 31.5 Å². The van der Waals surface area contributed by atoms with Crippen LogP contribution in [-0.4, -0.2) is 29.7 Å². The van der Waals surface area contributed by atoms with Gasteiger partial charge in [0, 0.05) is 18.1 Å². The van der Waals surface area contributed by atoms with Crippen molar-refractivity contribution in [1.29, 1.82) is 0 Å².